The van der Waals surface area contributed by atoms with Crippen LogP contribution in [-0.2, 0) is 9.59 Å². The number of hydrazine groups is 1. The molecule has 0 bridgehead atoms. The fraction of sp³-hybridized carbons (Fsp3) is 0.750. The number of carbonyl (C=O) groups excluding carboxylic acids is 2. The van der Waals surface area contributed by atoms with Crippen LogP contribution in [0, 0.1) is 5.92 Å². The molecule has 0 aromatic carbocycles. The van der Waals surface area contributed by atoms with Gasteiger partial charge in [0.15, 0.2) is 0 Å². The van der Waals surface area contributed by atoms with Crippen molar-refractivity contribution in [1.82, 2.24) is 30.3 Å². The number of amides is 2. The first-order valence-electron chi connectivity index (χ1n) is 11.2. The van der Waals surface area contributed by atoms with Crippen LogP contribution in [0.1, 0.15) is 39.0 Å². The molecule has 32 heavy (non-hydrogen) atoms. The van der Waals surface area contributed by atoms with Crippen LogP contribution in [0.5, 0.6) is 0 Å². The highest BCUT2D eigenvalue weighted by molar-refractivity contribution is 5.80. The molecule has 3 N–H and O–H groups in total. The molecule has 0 saturated carbocycles. The summed E-state index contributed by atoms with van der Waals surface area (Å²) in [6, 6.07) is 0. The summed E-state index contributed by atoms with van der Waals surface area (Å²) in [4.78, 5) is 43.1. The molecule has 1 saturated heterocycles. The van der Waals surface area contributed by atoms with E-state index in [0.29, 0.717) is 29.8 Å². The van der Waals surface area contributed by atoms with Crippen molar-refractivity contribution < 1.29 is 14.8 Å². The number of unbranched alkanes of at least 4 members (excludes halogenated alkanes) is 2. The van der Waals surface area contributed by atoms with Crippen molar-refractivity contribution >= 4 is 30.2 Å². The SMILES string of the molecule is CCCCCC(CN(O)C=O)C(=O)NNc1nc(N(C)C)nc(N2CCCN(C)CC2)n1. The van der Waals surface area contributed by atoms with Crippen LogP contribution in [0.2, 0.25) is 0 Å². The third-order valence-electron chi connectivity index (χ3n) is 5.37. The van der Waals surface area contributed by atoms with Gasteiger partial charge in [0, 0.05) is 33.7 Å². The van der Waals surface area contributed by atoms with Crippen molar-refractivity contribution in [2.45, 2.75) is 39.0 Å². The first-order chi connectivity index (χ1) is 15.3. The quantitative estimate of drug-likeness (QED) is 0.179. The van der Waals surface area contributed by atoms with Gasteiger partial charge in [-0.05, 0) is 26.4 Å². The first-order valence-corrected chi connectivity index (χ1v) is 11.2. The number of likely N-dealkylation sites (N-methyl/N-ethyl adjacent to an activating group) is 1. The van der Waals surface area contributed by atoms with Crippen molar-refractivity contribution in [3.05, 3.63) is 0 Å². The van der Waals surface area contributed by atoms with Crippen molar-refractivity contribution in [1.29, 1.82) is 0 Å². The average Bonchev–Trinajstić information content (AvgIpc) is 3.00. The molecule has 2 amide bonds. The fourth-order valence-corrected chi connectivity index (χ4v) is 3.43. The normalized spacial score (nSPS) is 15.6. The smallest absolute Gasteiger partial charge is 0.248 e. The zero-order valence-corrected chi connectivity index (χ0v) is 19.6. The van der Waals surface area contributed by atoms with Crippen molar-refractivity contribution in [2.24, 2.45) is 5.92 Å². The largest absolute Gasteiger partial charge is 0.347 e. The van der Waals surface area contributed by atoms with Crippen LogP contribution in [0.25, 0.3) is 0 Å². The zero-order chi connectivity index (χ0) is 23.5. The van der Waals surface area contributed by atoms with Crippen LogP contribution < -0.4 is 20.7 Å². The molecule has 2 heterocycles. The van der Waals surface area contributed by atoms with Gasteiger partial charge in [-0.15, -0.1) is 0 Å². The van der Waals surface area contributed by atoms with E-state index in [1.807, 2.05) is 14.1 Å². The maximum Gasteiger partial charge on any atom is 0.248 e. The number of anilines is 3. The number of carbonyl (C=O) groups is 2. The lowest BCUT2D eigenvalue weighted by Gasteiger charge is -2.23. The second-order valence-corrected chi connectivity index (χ2v) is 8.33. The molecule has 1 aromatic rings. The highest BCUT2D eigenvalue weighted by Gasteiger charge is 2.22. The lowest BCUT2D eigenvalue weighted by Crippen LogP contribution is -2.40. The van der Waals surface area contributed by atoms with Crippen LogP contribution >= 0.6 is 0 Å². The summed E-state index contributed by atoms with van der Waals surface area (Å²) in [5, 5.41) is 10.1. The van der Waals surface area contributed by atoms with Gasteiger partial charge in [-0.2, -0.15) is 15.0 Å². The van der Waals surface area contributed by atoms with E-state index in [4.69, 9.17) is 0 Å². The van der Waals surface area contributed by atoms with Crippen molar-refractivity contribution in [2.75, 3.05) is 69.1 Å². The molecule has 1 fully saturated rings. The number of aromatic nitrogens is 3. The van der Waals surface area contributed by atoms with E-state index in [2.05, 4.69) is 49.6 Å². The Bertz CT molecular complexity index is 734. The van der Waals surface area contributed by atoms with E-state index in [-0.39, 0.29) is 18.4 Å². The second kappa shape index (κ2) is 13.0. The summed E-state index contributed by atoms with van der Waals surface area (Å²) in [5.41, 5.74) is 5.42. The van der Waals surface area contributed by atoms with E-state index >= 15 is 0 Å². The molecule has 1 aliphatic rings. The Morgan fingerprint density at radius 3 is 2.66 bits per heavy atom. The van der Waals surface area contributed by atoms with Gasteiger partial charge >= 0.3 is 0 Å². The van der Waals surface area contributed by atoms with E-state index in [9.17, 15) is 14.8 Å². The monoisotopic (exact) mass is 451 g/mol. The third-order valence-corrected chi connectivity index (χ3v) is 5.37. The summed E-state index contributed by atoms with van der Waals surface area (Å²) in [6.45, 7) is 5.57. The van der Waals surface area contributed by atoms with Crippen LogP contribution in [0.4, 0.5) is 17.8 Å². The Balaban J connectivity index is 2.11. The molecule has 1 aliphatic heterocycles. The van der Waals surface area contributed by atoms with E-state index in [0.717, 1.165) is 51.9 Å². The summed E-state index contributed by atoms with van der Waals surface area (Å²) in [6.07, 6.45) is 4.67. The molecule has 1 aromatic heterocycles. The number of nitrogens with one attached hydrogen (secondary N) is 2. The Labute approximate surface area is 189 Å². The van der Waals surface area contributed by atoms with Gasteiger partial charge in [0.05, 0.1) is 12.5 Å². The minimum Gasteiger partial charge on any atom is -0.347 e. The van der Waals surface area contributed by atoms with Gasteiger partial charge in [0.1, 0.15) is 0 Å². The lowest BCUT2D eigenvalue weighted by atomic mass is 10.0. The van der Waals surface area contributed by atoms with Gasteiger partial charge in [0.25, 0.3) is 0 Å². The van der Waals surface area contributed by atoms with E-state index < -0.39 is 5.92 Å². The van der Waals surface area contributed by atoms with Crippen molar-refractivity contribution in [3.63, 3.8) is 0 Å². The molecule has 1 atom stereocenters. The number of hydrogen-bond acceptors (Lipinski definition) is 10. The van der Waals surface area contributed by atoms with Gasteiger partial charge in [0.2, 0.25) is 30.2 Å². The summed E-state index contributed by atoms with van der Waals surface area (Å²) in [7, 11) is 5.78. The number of nitrogens with zero attached hydrogens (tertiary/aromatic N) is 7. The number of rotatable bonds is 12. The highest BCUT2D eigenvalue weighted by atomic mass is 16.5. The van der Waals surface area contributed by atoms with E-state index in [1.54, 1.807) is 4.90 Å². The Hall–Kier alpha value is -2.73. The maximum absolute atomic E-state index is 12.7. The molecule has 180 valence electrons. The molecule has 0 spiro atoms. The highest BCUT2D eigenvalue weighted by Crippen LogP contribution is 2.17. The maximum atomic E-state index is 12.7. The minimum atomic E-state index is -0.556. The molecule has 2 rings (SSSR count). The Morgan fingerprint density at radius 1 is 1.19 bits per heavy atom. The van der Waals surface area contributed by atoms with E-state index in [1.165, 1.54) is 0 Å². The molecular weight excluding hydrogens is 414 g/mol. The van der Waals surface area contributed by atoms with Crippen molar-refractivity contribution in [3.8, 4) is 0 Å². The predicted octanol–water partition coefficient (Wildman–Crippen LogP) is 0.567. The topological polar surface area (TPSA) is 130 Å². The Morgan fingerprint density at radius 2 is 1.97 bits per heavy atom. The van der Waals surface area contributed by atoms with Gasteiger partial charge in [-0.25, -0.2) is 5.06 Å². The first kappa shape index (κ1) is 25.5. The van der Waals surface area contributed by atoms with Crippen LogP contribution in [0.15, 0.2) is 0 Å². The average molecular weight is 452 g/mol. The molecule has 1 unspecified atom stereocenters. The molecule has 0 aliphatic carbocycles. The van der Waals surface area contributed by atoms with Gasteiger partial charge < -0.3 is 14.7 Å². The minimum absolute atomic E-state index is 0.0760. The van der Waals surface area contributed by atoms with Gasteiger partial charge in [-0.1, -0.05) is 26.2 Å². The van der Waals surface area contributed by atoms with Crippen LogP contribution in [0.3, 0.4) is 0 Å². The standard InChI is InChI=1S/C20H37N9O3/c1-5-6-7-9-16(14-29(32)15-30)17(31)24-25-18-21-19(26(2)3)23-20(22-18)28-11-8-10-27(4)12-13-28/h15-16,32H,5-14H2,1-4H3,(H,24,31)(H,21,22,23,25). The summed E-state index contributed by atoms with van der Waals surface area (Å²) in [5.74, 6) is 0.365. The molecule has 12 heteroatoms. The van der Waals surface area contributed by atoms with Crippen LogP contribution in [-0.4, -0.2) is 96.3 Å². The predicted molar refractivity (Wildman–Crippen MR) is 122 cm³/mol. The summed E-state index contributed by atoms with van der Waals surface area (Å²) < 4.78 is 0. The fourth-order valence-electron chi connectivity index (χ4n) is 3.43. The second-order valence-electron chi connectivity index (χ2n) is 8.33. The molecule has 12 nitrogen and oxygen atoms in total. The lowest BCUT2D eigenvalue weighted by molar-refractivity contribution is -0.154. The molecular formula is C20H37N9O3. The Kier molecular flexibility index (Phi) is 10.3. The number of hydroxylamine groups is 2. The number of hydrogen-bond donors (Lipinski definition) is 3. The third kappa shape index (κ3) is 8.08. The zero-order valence-electron chi connectivity index (χ0n) is 19.6. The molecule has 0 radical (unpaired) electrons. The van der Waals surface area contributed by atoms with Gasteiger partial charge in [-0.3, -0.25) is 25.6 Å². The summed E-state index contributed by atoms with van der Waals surface area (Å²) >= 11 is 0.